The van der Waals surface area contributed by atoms with Gasteiger partial charge in [0.25, 0.3) is 10.0 Å². The van der Waals surface area contributed by atoms with Gasteiger partial charge < -0.3 is 10.5 Å². The van der Waals surface area contributed by atoms with Crippen molar-refractivity contribution in [2.24, 2.45) is 5.73 Å². The van der Waals surface area contributed by atoms with Gasteiger partial charge in [-0.15, -0.1) is 0 Å². The summed E-state index contributed by atoms with van der Waals surface area (Å²) in [5.41, 5.74) is 5.72. The summed E-state index contributed by atoms with van der Waals surface area (Å²) in [6, 6.07) is 21.0. The van der Waals surface area contributed by atoms with Gasteiger partial charge in [-0.05, 0) is 42.5 Å². The molecule has 0 heterocycles. The summed E-state index contributed by atoms with van der Waals surface area (Å²) in [4.78, 5) is 11.6. The summed E-state index contributed by atoms with van der Waals surface area (Å²) in [5.74, 6) is 0.0293. The van der Waals surface area contributed by atoms with Crippen LogP contribution in [0.25, 0.3) is 0 Å². The van der Waals surface area contributed by atoms with E-state index in [0.717, 1.165) is 0 Å². The van der Waals surface area contributed by atoms with Crippen LogP contribution in [0.15, 0.2) is 83.8 Å². The molecule has 0 fully saturated rings. The zero-order chi connectivity index (χ0) is 18.6. The van der Waals surface area contributed by atoms with Crippen molar-refractivity contribution in [3.8, 4) is 11.5 Å². The van der Waals surface area contributed by atoms with Gasteiger partial charge >= 0.3 is 0 Å². The monoisotopic (exact) mass is 368 g/mol. The fraction of sp³-hybridized carbons (Fsp3) is 0. The topological polar surface area (TPSA) is 98.5 Å². The van der Waals surface area contributed by atoms with Crippen LogP contribution in [0.4, 0.5) is 5.69 Å². The van der Waals surface area contributed by atoms with E-state index in [-0.39, 0.29) is 21.9 Å². The fourth-order valence-corrected chi connectivity index (χ4v) is 3.35. The first-order chi connectivity index (χ1) is 12.5. The third kappa shape index (κ3) is 4.01. The largest absolute Gasteiger partial charge is 0.455 e. The summed E-state index contributed by atoms with van der Waals surface area (Å²) in [6.07, 6.45) is 0. The smallest absolute Gasteiger partial charge is 0.262 e. The van der Waals surface area contributed by atoms with E-state index in [1.807, 2.05) is 6.07 Å². The molecule has 26 heavy (non-hydrogen) atoms. The highest BCUT2D eigenvalue weighted by Gasteiger charge is 2.18. The molecule has 0 unspecified atom stereocenters. The molecule has 6 nitrogen and oxygen atoms in total. The minimum Gasteiger partial charge on any atom is -0.455 e. The number of benzene rings is 3. The Morgan fingerprint density at radius 2 is 1.50 bits per heavy atom. The highest BCUT2D eigenvalue weighted by atomic mass is 32.2. The van der Waals surface area contributed by atoms with Crippen LogP contribution >= 0.6 is 0 Å². The van der Waals surface area contributed by atoms with Gasteiger partial charge in [-0.3, -0.25) is 9.52 Å². The number of hydrogen-bond acceptors (Lipinski definition) is 4. The highest BCUT2D eigenvalue weighted by molar-refractivity contribution is 7.92. The number of carbonyl (C=O) groups excluding carboxylic acids is 1. The van der Waals surface area contributed by atoms with Crippen LogP contribution in [0, 0.1) is 0 Å². The van der Waals surface area contributed by atoms with Gasteiger partial charge in [0.1, 0.15) is 5.75 Å². The van der Waals surface area contributed by atoms with Crippen molar-refractivity contribution in [1.29, 1.82) is 0 Å². The lowest BCUT2D eigenvalue weighted by molar-refractivity contribution is 0.1000. The van der Waals surface area contributed by atoms with Gasteiger partial charge in [-0.1, -0.05) is 36.4 Å². The van der Waals surface area contributed by atoms with Crippen LogP contribution in [0.3, 0.4) is 0 Å². The molecule has 0 aliphatic rings. The predicted molar refractivity (Wildman–Crippen MR) is 98.7 cm³/mol. The molecule has 1 amide bonds. The number of para-hydroxylation sites is 1. The van der Waals surface area contributed by atoms with Crippen molar-refractivity contribution in [3.05, 3.63) is 84.4 Å². The Balaban J connectivity index is 1.99. The molecule has 0 aliphatic heterocycles. The van der Waals surface area contributed by atoms with E-state index >= 15 is 0 Å². The van der Waals surface area contributed by atoms with E-state index in [4.69, 9.17) is 10.5 Å². The normalized spacial score (nSPS) is 10.9. The Bertz CT molecular complexity index is 1020. The Morgan fingerprint density at radius 3 is 2.12 bits per heavy atom. The standard InChI is InChI=1S/C19H16N2O4S/c20-19(22)14-11-12-17(18(13-14)25-15-7-3-1-4-8-15)21-26(23,24)16-9-5-2-6-10-16/h1-13,21H,(H2,20,22). The number of rotatable bonds is 6. The zero-order valence-corrected chi connectivity index (χ0v) is 14.4. The number of carbonyl (C=O) groups is 1. The molecule has 0 bridgehead atoms. The number of ether oxygens (including phenoxy) is 1. The van der Waals surface area contributed by atoms with E-state index in [1.54, 1.807) is 42.5 Å². The molecule has 0 spiro atoms. The number of amides is 1. The fourth-order valence-electron chi connectivity index (χ4n) is 2.26. The van der Waals surface area contributed by atoms with Crippen LogP contribution in [0.5, 0.6) is 11.5 Å². The third-order valence-corrected chi connectivity index (χ3v) is 4.92. The maximum absolute atomic E-state index is 12.6. The summed E-state index contributed by atoms with van der Waals surface area (Å²) in [5, 5.41) is 0. The third-order valence-electron chi connectivity index (χ3n) is 3.53. The van der Waals surface area contributed by atoms with E-state index in [0.29, 0.717) is 5.75 Å². The van der Waals surface area contributed by atoms with Crippen LogP contribution in [-0.2, 0) is 10.0 Å². The summed E-state index contributed by atoms with van der Waals surface area (Å²) < 4.78 is 33.4. The first kappa shape index (κ1) is 17.5. The van der Waals surface area contributed by atoms with E-state index in [2.05, 4.69) is 4.72 Å². The minimum absolute atomic E-state index is 0.115. The zero-order valence-electron chi connectivity index (χ0n) is 13.6. The molecular weight excluding hydrogens is 352 g/mol. The van der Waals surface area contributed by atoms with E-state index in [9.17, 15) is 13.2 Å². The van der Waals surface area contributed by atoms with Crippen molar-refractivity contribution in [1.82, 2.24) is 0 Å². The average molecular weight is 368 g/mol. The molecule has 3 N–H and O–H groups in total. The molecule has 0 saturated heterocycles. The van der Waals surface area contributed by atoms with Gasteiger partial charge in [0, 0.05) is 5.56 Å². The lowest BCUT2D eigenvalue weighted by Crippen LogP contribution is -2.15. The van der Waals surface area contributed by atoms with Gasteiger partial charge in [0.05, 0.1) is 10.6 Å². The second kappa shape index (κ2) is 7.28. The second-order valence-electron chi connectivity index (χ2n) is 5.41. The van der Waals surface area contributed by atoms with Crippen molar-refractivity contribution in [3.63, 3.8) is 0 Å². The van der Waals surface area contributed by atoms with Crippen LogP contribution < -0.4 is 15.2 Å². The highest BCUT2D eigenvalue weighted by Crippen LogP contribution is 2.32. The first-order valence-corrected chi connectivity index (χ1v) is 9.19. The molecule has 0 atom stereocenters. The molecule has 3 aromatic carbocycles. The molecule has 0 saturated carbocycles. The molecule has 7 heteroatoms. The number of hydrogen-bond donors (Lipinski definition) is 2. The summed E-state index contributed by atoms with van der Waals surface area (Å²) >= 11 is 0. The molecule has 0 radical (unpaired) electrons. The average Bonchev–Trinajstić information content (AvgIpc) is 2.64. The van der Waals surface area contributed by atoms with Gasteiger partial charge in [-0.2, -0.15) is 0 Å². The van der Waals surface area contributed by atoms with Crippen LogP contribution in [-0.4, -0.2) is 14.3 Å². The molecule has 0 aliphatic carbocycles. The van der Waals surface area contributed by atoms with Gasteiger partial charge in [0.2, 0.25) is 5.91 Å². The van der Waals surface area contributed by atoms with Gasteiger partial charge in [0.15, 0.2) is 5.75 Å². The Hall–Kier alpha value is -3.32. The first-order valence-electron chi connectivity index (χ1n) is 7.70. The lowest BCUT2D eigenvalue weighted by Gasteiger charge is -2.14. The maximum Gasteiger partial charge on any atom is 0.262 e. The molecule has 3 aromatic rings. The van der Waals surface area contributed by atoms with Crippen molar-refractivity contribution in [2.75, 3.05) is 4.72 Å². The lowest BCUT2D eigenvalue weighted by atomic mass is 10.2. The maximum atomic E-state index is 12.6. The Kier molecular flexibility index (Phi) is 4.90. The van der Waals surface area contributed by atoms with Crippen molar-refractivity contribution >= 4 is 21.6 Å². The molecular formula is C19H16N2O4S. The number of primary amides is 1. The molecule has 3 rings (SSSR count). The van der Waals surface area contributed by atoms with Crippen LogP contribution in [0.1, 0.15) is 10.4 Å². The predicted octanol–water partition coefficient (Wildman–Crippen LogP) is 3.38. The van der Waals surface area contributed by atoms with E-state index in [1.165, 1.54) is 30.3 Å². The van der Waals surface area contributed by atoms with Crippen molar-refractivity contribution in [2.45, 2.75) is 4.90 Å². The number of anilines is 1. The Labute approximate surface area is 151 Å². The number of nitrogens with one attached hydrogen (secondary N) is 1. The van der Waals surface area contributed by atoms with Crippen LogP contribution in [0.2, 0.25) is 0 Å². The molecule has 132 valence electrons. The van der Waals surface area contributed by atoms with E-state index < -0.39 is 15.9 Å². The quantitative estimate of drug-likeness (QED) is 0.697. The number of sulfonamides is 1. The minimum atomic E-state index is -3.81. The molecule has 0 aromatic heterocycles. The van der Waals surface area contributed by atoms with Crippen molar-refractivity contribution < 1.29 is 17.9 Å². The van der Waals surface area contributed by atoms with Gasteiger partial charge in [-0.25, -0.2) is 8.42 Å². The second-order valence-corrected chi connectivity index (χ2v) is 7.09. The summed E-state index contributed by atoms with van der Waals surface area (Å²) in [6.45, 7) is 0. The Morgan fingerprint density at radius 1 is 0.885 bits per heavy atom. The summed E-state index contributed by atoms with van der Waals surface area (Å²) in [7, 11) is -3.81. The SMILES string of the molecule is NC(=O)c1ccc(NS(=O)(=O)c2ccccc2)c(Oc2ccccc2)c1. The number of nitrogens with two attached hydrogens (primary N) is 1.